The van der Waals surface area contributed by atoms with E-state index in [1.54, 1.807) is 6.07 Å². The second-order valence-corrected chi connectivity index (χ2v) is 9.63. The first kappa shape index (κ1) is 25.1. The Labute approximate surface area is 218 Å². The van der Waals surface area contributed by atoms with Crippen molar-refractivity contribution in [3.8, 4) is 16.9 Å². The van der Waals surface area contributed by atoms with Gasteiger partial charge < -0.3 is 20.9 Å². The zero-order valence-corrected chi connectivity index (χ0v) is 20.8. The largest absolute Gasteiger partial charge is 0.505 e. The summed E-state index contributed by atoms with van der Waals surface area (Å²) in [6, 6.07) is 11.2. The Kier molecular flexibility index (Phi) is 6.67. The van der Waals surface area contributed by atoms with E-state index in [1.165, 1.54) is 30.2 Å². The van der Waals surface area contributed by atoms with Gasteiger partial charge in [-0.1, -0.05) is 12.1 Å². The molecule has 0 bridgehead atoms. The van der Waals surface area contributed by atoms with Crippen molar-refractivity contribution in [3.63, 3.8) is 0 Å². The Bertz CT molecular complexity index is 1530. The van der Waals surface area contributed by atoms with Crippen molar-refractivity contribution in [2.24, 2.45) is 5.10 Å². The Hall–Kier alpha value is -4.53. The number of carbonyl (C=O) groups excluding carboxylic acids is 1. The lowest BCUT2D eigenvalue weighted by atomic mass is 9.96. The number of hydrogen-bond acceptors (Lipinski definition) is 6. The van der Waals surface area contributed by atoms with E-state index in [1.807, 2.05) is 18.2 Å². The standard InChI is InChI=1S/C29H27FN4O4/c1-15(31)25(28(36)32-20-10-8-16-4-2-5-17(16)12-20)33-34-26-21-7-3-6-18(21)13-22(27(26)35)19-9-11-24(30)23(14-19)29(37)38/h8-14,31,34-35H,2-7H2,1H3,(H,32,36)(H,37,38)/b31-15?,33-25-. The molecule has 3 aromatic carbocycles. The van der Waals surface area contributed by atoms with Crippen LogP contribution >= 0.6 is 0 Å². The summed E-state index contributed by atoms with van der Waals surface area (Å²) in [5.74, 6) is -3.03. The van der Waals surface area contributed by atoms with E-state index in [9.17, 15) is 24.2 Å². The number of phenols is 1. The molecule has 0 unspecified atom stereocenters. The molecule has 0 saturated heterocycles. The molecule has 8 nitrogen and oxygen atoms in total. The zero-order valence-electron chi connectivity index (χ0n) is 20.8. The average Bonchev–Trinajstić information content (AvgIpc) is 3.54. The summed E-state index contributed by atoms with van der Waals surface area (Å²) in [7, 11) is 0. The number of rotatable bonds is 7. The van der Waals surface area contributed by atoms with Gasteiger partial charge in [-0.3, -0.25) is 10.2 Å². The summed E-state index contributed by atoms with van der Waals surface area (Å²) < 4.78 is 14.0. The Morgan fingerprint density at radius 2 is 1.71 bits per heavy atom. The number of amides is 1. The van der Waals surface area contributed by atoms with Gasteiger partial charge in [-0.25, -0.2) is 9.18 Å². The lowest BCUT2D eigenvalue weighted by Gasteiger charge is -2.16. The smallest absolute Gasteiger partial charge is 0.338 e. The van der Waals surface area contributed by atoms with Crippen LogP contribution in [0.5, 0.6) is 5.75 Å². The molecule has 0 fully saturated rings. The van der Waals surface area contributed by atoms with Gasteiger partial charge in [0.1, 0.15) is 17.3 Å². The van der Waals surface area contributed by atoms with E-state index in [0.717, 1.165) is 49.3 Å². The van der Waals surface area contributed by atoms with Crippen LogP contribution in [0.3, 0.4) is 0 Å². The molecule has 0 radical (unpaired) electrons. The molecular formula is C29H27FN4O4. The van der Waals surface area contributed by atoms with Gasteiger partial charge >= 0.3 is 5.97 Å². The number of halogens is 1. The topological polar surface area (TPSA) is 135 Å². The van der Waals surface area contributed by atoms with Gasteiger partial charge in [0.25, 0.3) is 5.91 Å². The number of carbonyl (C=O) groups is 2. The highest BCUT2D eigenvalue weighted by Crippen LogP contribution is 2.43. The van der Waals surface area contributed by atoms with E-state index < -0.39 is 23.3 Å². The lowest BCUT2D eigenvalue weighted by Crippen LogP contribution is -2.29. The van der Waals surface area contributed by atoms with Crippen LogP contribution in [0.1, 0.15) is 52.4 Å². The van der Waals surface area contributed by atoms with Crippen LogP contribution < -0.4 is 10.7 Å². The molecule has 5 rings (SSSR count). The van der Waals surface area contributed by atoms with Gasteiger partial charge in [-0.15, -0.1) is 0 Å². The van der Waals surface area contributed by atoms with E-state index in [2.05, 4.69) is 15.8 Å². The Balaban J connectivity index is 1.48. The number of hydrogen-bond donors (Lipinski definition) is 5. The first-order chi connectivity index (χ1) is 18.2. The number of aromatic hydroxyl groups is 1. The predicted molar refractivity (Wildman–Crippen MR) is 144 cm³/mol. The number of nitrogens with one attached hydrogen (secondary N) is 3. The molecule has 2 aliphatic carbocycles. The van der Waals surface area contributed by atoms with Crippen molar-refractivity contribution < 1.29 is 24.2 Å². The summed E-state index contributed by atoms with van der Waals surface area (Å²) in [4.78, 5) is 24.5. The van der Waals surface area contributed by atoms with Gasteiger partial charge in [-0.2, -0.15) is 5.10 Å². The maximum absolute atomic E-state index is 14.0. The number of hydrazone groups is 1. The van der Waals surface area contributed by atoms with Gasteiger partial charge in [0.05, 0.1) is 11.3 Å². The number of carboxylic acids is 1. The average molecular weight is 515 g/mol. The minimum atomic E-state index is -1.41. The summed E-state index contributed by atoms with van der Waals surface area (Å²) in [5, 5.41) is 35.7. The molecule has 0 heterocycles. The number of carboxylic acid groups (broad SMARTS) is 1. The van der Waals surface area contributed by atoms with E-state index in [0.29, 0.717) is 23.2 Å². The van der Waals surface area contributed by atoms with Crippen LogP contribution in [0.2, 0.25) is 0 Å². The highest BCUT2D eigenvalue weighted by molar-refractivity contribution is 6.67. The predicted octanol–water partition coefficient (Wildman–Crippen LogP) is 5.32. The summed E-state index contributed by atoms with van der Waals surface area (Å²) in [5.41, 5.74) is 7.91. The van der Waals surface area contributed by atoms with Crippen molar-refractivity contribution >= 4 is 34.7 Å². The maximum Gasteiger partial charge on any atom is 0.338 e. The van der Waals surface area contributed by atoms with E-state index in [-0.39, 0.29) is 22.9 Å². The number of anilines is 2. The Morgan fingerprint density at radius 1 is 0.974 bits per heavy atom. The molecule has 0 aliphatic heterocycles. The van der Waals surface area contributed by atoms with Crippen molar-refractivity contribution in [2.45, 2.75) is 45.4 Å². The quantitative estimate of drug-likeness (QED) is 0.165. The molecule has 38 heavy (non-hydrogen) atoms. The van der Waals surface area contributed by atoms with E-state index in [4.69, 9.17) is 5.41 Å². The van der Waals surface area contributed by atoms with Crippen molar-refractivity contribution in [3.05, 3.63) is 76.1 Å². The number of fused-ring (bicyclic) bond motifs is 2. The number of nitrogens with zero attached hydrogens (tertiary/aromatic N) is 1. The Morgan fingerprint density at radius 3 is 2.47 bits per heavy atom. The first-order valence-electron chi connectivity index (χ1n) is 12.5. The molecule has 9 heteroatoms. The van der Waals surface area contributed by atoms with Gasteiger partial charge in [0.15, 0.2) is 5.71 Å². The second-order valence-electron chi connectivity index (χ2n) is 9.63. The minimum absolute atomic E-state index is 0.0620. The van der Waals surface area contributed by atoms with Crippen LogP contribution in [0.15, 0.2) is 47.6 Å². The molecule has 194 valence electrons. The fourth-order valence-corrected chi connectivity index (χ4v) is 5.19. The third-order valence-electron chi connectivity index (χ3n) is 7.09. The fraction of sp³-hybridized carbons (Fsp3) is 0.241. The van der Waals surface area contributed by atoms with Crippen molar-refractivity contribution in [1.82, 2.24) is 0 Å². The number of aryl methyl sites for hydroxylation is 3. The van der Waals surface area contributed by atoms with Gasteiger partial charge in [0.2, 0.25) is 0 Å². The first-order valence-corrected chi connectivity index (χ1v) is 12.5. The monoisotopic (exact) mass is 514 g/mol. The van der Waals surface area contributed by atoms with Crippen molar-refractivity contribution in [1.29, 1.82) is 5.41 Å². The maximum atomic E-state index is 14.0. The summed E-state index contributed by atoms with van der Waals surface area (Å²) in [6.07, 6.45) is 5.34. The van der Waals surface area contributed by atoms with Gasteiger partial charge in [0, 0.05) is 11.3 Å². The fourth-order valence-electron chi connectivity index (χ4n) is 5.19. The molecule has 1 amide bonds. The third-order valence-corrected chi connectivity index (χ3v) is 7.09. The molecular weight excluding hydrogens is 487 g/mol. The highest BCUT2D eigenvalue weighted by atomic mass is 19.1. The minimum Gasteiger partial charge on any atom is -0.505 e. The molecule has 2 aliphatic rings. The number of aromatic carboxylic acids is 1. The van der Waals surface area contributed by atoms with Gasteiger partial charge in [-0.05, 0) is 104 Å². The normalized spacial score (nSPS) is 14.1. The lowest BCUT2D eigenvalue weighted by molar-refractivity contribution is -0.110. The molecule has 0 saturated carbocycles. The SMILES string of the molecule is CC(=N)/C(=N/Nc1c(O)c(-c2ccc(F)c(C(=O)O)c2)cc2c1CCC2)C(=O)Nc1ccc2c(c1)CCC2. The molecule has 0 aromatic heterocycles. The number of phenolic OH excluding ortho intramolecular Hbond substituents is 1. The van der Waals surface area contributed by atoms with Crippen LogP contribution in [-0.2, 0) is 30.5 Å². The van der Waals surface area contributed by atoms with Crippen molar-refractivity contribution in [2.75, 3.05) is 10.7 Å². The van der Waals surface area contributed by atoms with E-state index >= 15 is 0 Å². The number of benzene rings is 3. The molecule has 3 aromatic rings. The molecule has 0 atom stereocenters. The molecule has 0 spiro atoms. The second kappa shape index (κ2) is 10.1. The summed E-state index contributed by atoms with van der Waals surface area (Å²) >= 11 is 0. The third kappa shape index (κ3) is 4.74. The molecule has 5 N–H and O–H groups in total. The van der Waals surface area contributed by atoms with Crippen LogP contribution in [0.25, 0.3) is 11.1 Å². The van der Waals surface area contributed by atoms with Crippen LogP contribution in [0, 0.1) is 11.2 Å². The highest BCUT2D eigenvalue weighted by Gasteiger charge is 2.24. The zero-order chi connectivity index (χ0) is 27.0. The van der Waals surface area contributed by atoms with Crippen LogP contribution in [-0.4, -0.2) is 33.5 Å². The van der Waals surface area contributed by atoms with Crippen LogP contribution in [0.4, 0.5) is 15.8 Å². The summed E-state index contributed by atoms with van der Waals surface area (Å²) in [6.45, 7) is 1.45.